The van der Waals surface area contributed by atoms with Gasteiger partial charge in [-0.2, -0.15) is 0 Å². The van der Waals surface area contributed by atoms with Crippen molar-refractivity contribution in [3.05, 3.63) is 22.4 Å². The Bertz CT molecular complexity index is 475. The number of imide groups is 1. The Morgan fingerprint density at radius 1 is 1.52 bits per heavy atom. The first-order chi connectivity index (χ1) is 10.1. The SMILES string of the molecule is CC[C@H](C)NC(=O)NC(=O)CN1CCC[C@@H]1c1cccs1. The first kappa shape index (κ1) is 16.0. The van der Waals surface area contributed by atoms with Crippen LogP contribution in [0.25, 0.3) is 0 Å². The molecule has 2 atom stereocenters. The zero-order chi connectivity index (χ0) is 15.2. The van der Waals surface area contributed by atoms with Crippen LogP contribution in [0.15, 0.2) is 17.5 Å². The zero-order valence-corrected chi connectivity index (χ0v) is 13.4. The molecule has 0 saturated carbocycles. The van der Waals surface area contributed by atoms with Gasteiger partial charge in [-0.15, -0.1) is 11.3 Å². The fraction of sp³-hybridized carbons (Fsp3) is 0.600. The van der Waals surface area contributed by atoms with Crippen LogP contribution < -0.4 is 10.6 Å². The molecule has 6 heteroatoms. The number of rotatable bonds is 5. The molecular weight excluding hydrogens is 286 g/mol. The van der Waals surface area contributed by atoms with Gasteiger partial charge in [-0.1, -0.05) is 13.0 Å². The number of hydrogen-bond donors (Lipinski definition) is 2. The Morgan fingerprint density at radius 2 is 2.33 bits per heavy atom. The van der Waals surface area contributed by atoms with Gasteiger partial charge in [-0.3, -0.25) is 15.0 Å². The summed E-state index contributed by atoms with van der Waals surface area (Å²) in [5, 5.41) is 7.21. The van der Waals surface area contributed by atoms with Gasteiger partial charge in [-0.25, -0.2) is 4.79 Å². The Labute approximate surface area is 129 Å². The van der Waals surface area contributed by atoms with Crippen molar-refractivity contribution in [1.82, 2.24) is 15.5 Å². The Kier molecular flexibility index (Phi) is 5.76. The van der Waals surface area contributed by atoms with Crippen molar-refractivity contribution in [2.45, 2.75) is 45.2 Å². The van der Waals surface area contributed by atoms with Crippen molar-refractivity contribution in [1.29, 1.82) is 0 Å². The van der Waals surface area contributed by atoms with Crippen molar-refractivity contribution < 1.29 is 9.59 Å². The Hall–Kier alpha value is -1.40. The van der Waals surface area contributed by atoms with Crippen molar-refractivity contribution in [3.8, 4) is 0 Å². The van der Waals surface area contributed by atoms with Crippen LogP contribution >= 0.6 is 11.3 Å². The largest absolute Gasteiger partial charge is 0.335 e. The highest BCUT2D eigenvalue weighted by Crippen LogP contribution is 2.33. The quantitative estimate of drug-likeness (QED) is 0.878. The average molecular weight is 309 g/mol. The molecule has 1 aromatic rings. The molecule has 5 nitrogen and oxygen atoms in total. The summed E-state index contributed by atoms with van der Waals surface area (Å²) in [6, 6.07) is 4.13. The van der Waals surface area contributed by atoms with Crippen LogP contribution in [-0.2, 0) is 4.79 Å². The van der Waals surface area contributed by atoms with E-state index in [1.54, 1.807) is 11.3 Å². The van der Waals surface area contributed by atoms with E-state index in [-0.39, 0.29) is 18.5 Å². The molecule has 116 valence electrons. The van der Waals surface area contributed by atoms with Gasteiger partial charge in [0.05, 0.1) is 6.54 Å². The van der Waals surface area contributed by atoms with E-state index in [4.69, 9.17) is 0 Å². The summed E-state index contributed by atoms with van der Waals surface area (Å²) in [5.41, 5.74) is 0. The standard InChI is InChI=1S/C15H23N3O2S/c1-3-11(2)16-15(20)17-14(19)10-18-8-4-6-12(18)13-7-5-9-21-13/h5,7,9,11-12H,3-4,6,8,10H2,1-2H3,(H2,16,17,19,20)/t11-,12+/m0/s1. The normalized spacial score (nSPS) is 20.2. The third kappa shape index (κ3) is 4.54. The number of nitrogens with one attached hydrogen (secondary N) is 2. The van der Waals surface area contributed by atoms with Crippen LogP contribution in [-0.4, -0.2) is 36.0 Å². The lowest BCUT2D eigenvalue weighted by molar-refractivity contribution is -0.121. The van der Waals surface area contributed by atoms with E-state index in [1.165, 1.54) is 4.88 Å². The maximum atomic E-state index is 12.0. The number of nitrogens with zero attached hydrogens (tertiary/aromatic N) is 1. The number of urea groups is 1. The van der Waals surface area contributed by atoms with E-state index in [0.717, 1.165) is 25.8 Å². The Balaban J connectivity index is 1.83. The summed E-state index contributed by atoms with van der Waals surface area (Å²) in [4.78, 5) is 27.1. The Morgan fingerprint density at radius 3 is 3.00 bits per heavy atom. The second-order valence-electron chi connectivity index (χ2n) is 5.47. The maximum Gasteiger partial charge on any atom is 0.321 e. The van der Waals surface area contributed by atoms with E-state index in [9.17, 15) is 9.59 Å². The van der Waals surface area contributed by atoms with Gasteiger partial charge >= 0.3 is 6.03 Å². The lowest BCUT2D eigenvalue weighted by atomic mass is 10.2. The monoisotopic (exact) mass is 309 g/mol. The van der Waals surface area contributed by atoms with Crippen molar-refractivity contribution >= 4 is 23.3 Å². The number of hydrogen-bond acceptors (Lipinski definition) is 4. The second-order valence-corrected chi connectivity index (χ2v) is 6.45. The number of carbonyl (C=O) groups is 2. The predicted octanol–water partition coefficient (Wildman–Crippen LogP) is 2.51. The smallest absolute Gasteiger partial charge is 0.321 e. The molecule has 1 fully saturated rings. The van der Waals surface area contributed by atoms with E-state index in [0.29, 0.717) is 6.04 Å². The zero-order valence-electron chi connectivity index (χ0n) is 12.6. The van der Waals surface area contributed by atoms with E-state index < -0.39 is 6.03 Å². The fourth-order valence-corrected chi connectivity index (χ4v) is 3.43. The molecule has 0 bridgehead atoms. The molecule has 0 aliphatic carbocycles. The van der Waals surface area contributed by atoms with E-state index in [2.05, 4.69) is 27.0 Å². The van der Waals surface area contributed by atoms with Gasteiger partial charge in [-0.05, 0) is 44.2 Å². The maximum absolute atomic E-state index is 12.0. The summed E-state index contributed by atoms with van der Waals surface area (Å²) in [6.07, 6.45) is 3.01. The molecule has 3 amide bonds. The third-order valence-corrected chi connectivity index (χ3v) is 4.80. The van der Waals surface area contributed by atoms with Crippen molar-refractivity contribution in [3.63, 3.8) is 0 Å². The molecule has 2 N–H and O–H groups in total. The molecule has 1 aliphatic rings. The van der Waals surface area contributed by atoms with Gasteiger partial charge in [0.25, 0.3) is 0 Å². The lowest BCUT2D eigenvalue weighted by Gasteiger charge is -2.22. The molecule has 0 radical (unpaired) electrons. The first-order valence-electron chi connectivity index (χ1n) is 7.48. The van der Waals surface area contributed by atoms with Crippen LogP contribution in [0, 0.1) is 0 Å². The average Bonchev–Trinajstić information content (AvgIpc) is 3.08. The molecule has 2 rings (SSSR count). The van der Waals surface area contributed by atoms with Gasteiger partial charge in [0.1, 0.15) is 0 Å². The topological polar surface area (TPSA) is 61.4 Å². The lowest BCUT2D eigenvalue weighted by Crippen LogP contribution is -2.46. The molecular formula is C15H23N3O2S. The summed E-state index contributed by atoms with van der Waals surface area (Å²) in [6.45, 7) is 5.08. The van der Waals surface area contributed by atoms with Crippen LogP contribution in [0.5, 0.6) is 0 Å². The van der Waals surface area contributed by atoms with Crippen LogP contribution in [0.4, 0.5) is 4.79 Å². The minimum atomic E-state index is -0.402. The first-order valence-corrected chi connectivity index (χ1v) is 8.36. The molecule has 1 aromatic heterocycles. The van der Waals surface area contributed by atoms with Gasteiger partial charge in [0.15, 0.2) is 0 Å². The number of carbonyl (C=O) groups excluding carboxylic acids is 2. The minimum Gasteiger partial charge on any atom is -0.335 e. The van der Waals surface area contributed by atoms with Crippen LogP contribution in [0.1, 0.15) is 44.0 Å². The summed E-state index contributed by atoms with van der Waals surface area (Å²) in [5.74, 6) is -0.237. The molecule has 0 unspecified atom stereocenters. The molecule has 0 aromatic carbocycles. The number of likely N-dealkylation sites (tertiary alicyclic amines) is 1. The number of thiophene rings is 1. The highest BCUT2D eigenvalue weighted by atomic mass is 32.1. The van der Waals surface area contributed by atoms with Gasteiger partial charge in [0, 0.05) is 17.0 Å². The third-order valence-electron chi connectivity index (χ3n) is 3.82. The van der Waals surface area contributed by atoms with E-state index >= 15 is 0 Å². The second kappa shape index (κ2) is 7.56. The molecule has 0 spiro atoms. The molecule has 1 aliphatic heterocycles. The molecule has 21 heavy (non-hydrogen) atoms. The highest BCUT2D eigenvalue weighted by Gasteiger charge is 2.28. The van der Waals surface area contributed by atoms with Gasteiger partial charge in [0.2, 0.25) is 5.91 Å². The highest BCUT2D eigenvalue weighted by molar-refractivity contribution is 7.10. The summed E-state index contributed by atoms with van der Waals surface area (Å²) < 4.78 is 0. The van der Waals surface area contributed by atoms with Gasteiger partial charge < -0.3 is 5.32 Å². The number of amides is 3. The summed E-state index contributed by atoms with van der Waals surface area (Å²) in [7, 11) is 0. The van der Waals surface area contributed by atoms with Crippen LogP contribution in [0.2, 0.25) is 0 Å². The predicted molar refractivity (Wildman–Crippen MR) is 84.3 cm³/mol. The molecule has 1 saturated heterocycles. The van der Waals surface area contributed by atoms with E-state index in [1.807, 2.05) is 19.9 Å². The molecule has 2 heterocycles. The minimum absolute atomic E-state index is 0.0726. The summed E-state index contributed by atoms with van der Waals surface area (Å²) >= 11 is 1.72. The van der Waals surface area contributed by atoms with Crippen LogP contribution in [0.3, 0.4) is 0 Å². The van der Waals surface area contributed by atoms with Crippen molar-refractivity contribution in [2.75, 3.05) is 13.1 Å². The van der Waals surface area contributed by atoms with Crippen molar-refractivity contribution in [2.24, 2.45) is 0 Å². The fourth-order valence-electron chi connectivity index (χ4n) is 2.53.